The van der Waals surface area contributed by atoms with Crippen molar-refractivity contribution in [3.63, 3.8) is 0 Å². The van der Waals surface area contributed by atoms with Crippen molar-refractivity contribution in [2.45, 2.75) is 13.1 Å². The second kappa shape index (κ2) is 5.57. The van der Waals surface area contributed by atoms with E-state index in [9.17, 15) is 19.1 Å². The lowest BCUT2D eigenvalue weighted by molar-refractivity contribution is 0.0995. The predicted molar refractivity (Wildman–Crippen MR) is 83.5 cm³/mol. The summed E-state index contributed by atoms with van der Waals surface area (Å²) in [7, 11) is -2.60. The molecule has 2 aromatic rings. The van der Waals surface area contributed by atoms with Crippen LogP contribution < -0.4 is 11.5 Å². The van der Waals surface area contributed by atoms with Crippen molar-refractivity contribution in [1.29, 1.82) is 0 Å². The Morgan fingerprint density at radius 2 is 2.00 bits per heavy atom. The van der Waals surface area contributed by atoms with E-state index in [4.69, 9.17) is 11.5 Å². The van der Waals surface area contributed by atoms with Crippen molar-refractivity contribution in [2.24, 2.45) is 23.5 Å². The number of carbonyl (C=O) groups excluding carboxylic acids is 1. The number of carbonyl (C=O) groups is 1. The summed E-state index contributed by atoms with van der Waals surface area (Å²) in [6.07, 6.45) is -0.405. The molecule has 8 nitrogen and oxygen atoms in total. The molecule has 1 amide bonds. The molecular weight excluding hydrogens is 307 g/mol. The van der Waals surface area contributed by atoms with Crippen LogP contribution in [0.2, 0.25) is 0 Å². The SMILES string of the molecule is Cc1ccc(CP(=O)(O)O)c2c1cc(C(=O)N=C(N)N)n2C. The Labute approximate surface area is 126 Å². The highest BCUT2D eigenvalue weighted by Crippen LogP contribution is 2.41. The fourth-order valence-corrected chi connectivity index (χ4v) is 3.11. The molecule has 9 heteroatoms. The first-order valence-electron chi connectivity index (χ1n) is 6.36. The zero-order valence-corrected chi connectivity index (χ0v) is 13.0. The van der Waals surface area contributed by atoms with Crippen molar-refractivity contribution in [3.05, 3.63) is 35.0 Å². The maximum atomic E-state index is 12.0. The van der Waals surface area contributed by atoms with Gasteiger partial charge in [-0.25, -0.2) is 0 Å². The Balaban J connectivity index is 2.70. The van der Waals surface area contributed by atoms with Gasteiger partial charge in [0.1, 0.15) is 5.69 Å². The number of aromatic nitrogens is 1. The molecule has 0 bridgehead atoms. The molecule has 0 spiro atoms. The van der Waals surface area contributed by atoms with Crippen molar-refractivity contribution in [2.75, 3.05) is 0 Å². The number of guanidine groups is 1. The van der Waals surface area contributed by atoms with Crippen LogP contribution in [0, 0.1) is 6.92 Å². The normalized spacial score (nSPS) is 11.6. The van der Waals surface area contributed by atoms with E-state index in [1.807, 2.05) is 6.92 Å². The van der Waals surface area contributed by atoms with Gasteiger partial charge >= 0.3 is 7.60 Å². The Morgan fingerprint density at radius 1 is 1.36 bits per heavy atom. The van der Waals surface area contributed by atoms with Crippen LogP contribution >= 0.6 is 7.60 Å². The maximum Gasteiger partial charge on any atom is 0.329 e. The predicted octanol–water partition coefficient (Wildman–Crippen LogP) is 0.578. The van der Waals surface area contributed by atoms with Crippen molar-refractivity contribution in [3.8, 4) is 0 Å². The number of nitrogens with two attached hydrogens (primary N) is 2. The van der Waals surface area contributed by atoms with Gasteiger partial charge in [0.25, 0.3) is 5.91 Å². The summed E-state index contributed by atoms with van der Waals surface area (Å²) in [6.45, 7) is 1.85. The number of aryl methyl sites for hydroxylation is 2. The molecule has 0 saturated carbocycles. The number of rotatable bonds is 3. The Morgan fingerprint density at radius 3 is 2.55 bits per heavy atom. The van der Waals surface area contributed by atoms with Crippen LogP contribution in [0.25, 0.3) is 10.9 Å². The Kier molecular flexibility index (Phi) is 4.10. The number of fused-ring (bicyclic) bond motifs is 1. The smallest absolute Gasteiger partial charge is 0.329 e. The van der Waals surface area contributed by atoms with E-state index >= 15 is 0 Å². The minimum Gasteiger partial charge on any atom is -0.370 e. The summed E-state index contributed by atoms with van der Waals surface area (Å²) in [5.74, 6) is -0.956. The van der Waals surface area contributed by atoms with Crippen LogP contribution in [0.1, 0.15) is 21.6 Å². The summed E-state index contributed by atoms with van der Waals surface area (Å²) < 4.78 is 12.8. The molecule has 2 rings (SSSR count). The van der Waals surface area contributed by atoms with Gasteiger partial charge in [0.05, 0.1) is 11.7 Å². The van der Waals surface area contributed by atoms with E-state index in [0.29, 0.717) is 11.1 Å². The zero-order valence-electron chi connectivity index (χ0n) is 12.1. The zero-order chi connectivity index (χ0) is 16.7. The second-order valence-electron chi connectivity index (χ2n) is 5.06. The standard InChI is InChI=1S/C13H17N4O4P/c1-7-3-4-8(6-22(19,20)21)11-9(7)5-10(17(11)2)12(18)16-13(14)15/h3-5H,6H2,1-2H3,(H2,19,20,21)(H4,14,15,16,18). The molecule has 0 aliphatic rings. The minimum atomic E-state index is -4.23. The van der Waals surface area contributed by atoms with E-state index in [2.05, 4.69) is 4.99 Å². The molecule has 1 aromatic heterocycles. The highest BCUT2D eigenvalue weighted by Gasteiger charge is 2.21. The van der Waals surface area contributed by atoms with Crippen LogP contribution in [-0.4, -0.2) is 26.2 Å². The fraction of sp³-hybridized carbons (Fsp3) is 0.231. The molecule has 1 aromatic carbocycles. The number of amides is 1. The molecule has 0 atom stereocenters. The second-order valence-corrected chi connectivity index (χ2v) is 6.70. The Bertz CT molecular complexity index is 830. The molecular formula is C13H17N4O4P. The van der Waals surface area contributed by atoms with Gasteiger partial charge in [-0.1, -0.05) is 12.1 Å². The highest BCUT2D eigenvalue weighted by molar-refractivity contribution is 7.50. The fourth-order valence-electron chi connectivity index (χ4n) is 2.42. The van der Waals surface area contributed by atoms with Gasteiger partial charge in [-0.3, -0.25) is 9.36 Å². The van der Waals surface area contributed by atoms with E-state index in [1.165, 1.54) is 0 Å². The molecule has 0 radical (unpaired) electrons. The Hall–Kier alpha value is -2.15. The topological polar surface area (TPSA) is 144 Å². The molecule has 0 unspecified atom stereocenters. The third-order valence-corrected chi connectivity index (χ3v) is 4.08. The lowest BCUT2D eigenvalue weighted by Crippen LogP contribution is -2.24. The molecule has 118 valence electrons. The lowest BCUT2D eigenvalue weighted by atomic mass is 10.1. The van der Waals surface area contributed by atoms with E-state index < -0.39 is 19.7 Å². The van der Waals surface area contributed by atoms with Crippen LogP contribution in [0.5, 0.6) is 0 Å². The highest BCUT2D eigenvalue weighted by atomic mass is 31.2. The minimum absolute atomic E-state index is 0.240. The lowest BCUT2D eigenvalue weighted by Gasteiger charge is -2.09. The van der Waals surface area contributed by atoms with Crippen molar-refractivity contribution < 1.29 is 19.1 Å². The number of hydrogen-bond donors (Lipinski definition) is 4. The largest absolute Gasteiger partial charge is 0.370 e. The summed E-state index contributed by atoms with van der Waals surface area (Å²) in [5, 5.41) is 0.725. The van der Waals surface area contributed by atoms with E-state index in [1.54, 1.807) is 29.8 Å². The number of nitrogens with zero attached hydrogens (tertiary/aromatic N) is 2. The molecule has 22 heavy (non-hydrogen) atoms. The molecule has 1 heterocycles. The van der Waals surface area contributed by atoms with Gasteiger partial charge in [0.15, 0.2) is 5.96 Å². The average Bonchev–Trinajstić information content (AvgIpc) is 2.70. The van der Waals surface area contributed by atoms with Gasteiger partial charge in [-0.2, -0.15) is 4.99 Å². The van der Waals surface area contributed by atoms with E-state index in [-0.39, 0.29) is 11.7 Å². The third-order valence-electron chi connectivity index (χ3n) is 3.32. The molecule has 0 fully saturated rings. The number of hydrogen-bond acceptors (Lipinski definition) is 2. The summed E-state index contributed by atoms with van der Waals surface area (Å²) >= 11 is 0. The van der Waals surface area contributed by atoms with Crippen LogP contribution in [-0.2, 0) is 17.8 Å². The first-order chi connectivity index (χ1) is 10.1. The third kappa shape index (κ3) is 3.19. The maximum absolute atomic E-state index is 12.0. The summed E-state index contributed by atoms with van der Waals surface area (Å²) in [5.41, 5.74) is 12.6. The van der Waals surface area contributed by atoms with E-state index in [0.717, 1.165) is 10.9 Å². The molecule has 0 aliphatic carbocycles. The van der Waals surface area contributed by atoms with Crippen molar-refractivity contribution >= 4 is 30.4 Å². The summed E-state index contributed by atoms with van der Waals surface area (Å²) in [6, 6.07) is 5.01. The van der Waals surface area contributed by atoms with Crippen molar-refractivity contribution in [1.82, 2.24) is 4.57 Å². The summed E-state index contributed by atoms with van der Waals surface area (Å²) in [4.78, 5) is 33.9. The van der Waals surface area contributed by atoms with Gasteiger partial charge in [0, 0.05) is 12.4 Å². The van der Waals surface area contributed by atoms with Gasteiger partial charge < -0.3 is 25.8 Å². The average molecular weight is 324 g/mol. The first kappa shape index (κ1) is 16.2. The molecule has 0 aliphatic heterocycles. The quantitative estimate of drug-likeness (QED) is 0.369. The number of aliphatic imine (C=N–C) groups is 1. The first-order valence-corrected chi connectivity index (χ1v) is 8.16. The van der Waals surface area contributed by atoms with Gasteiger partial charge in [0.2, 0.25) is 0 Å². The molecule has 6 N–H and O–H groups in total. The van der Waals surface area contributed by atoms with Gasteiger partial charge in [-0.15, -0.1) is 0 Å². The molecule has 0 saturated heterocycles. The number of benzene rings is 1. The van der Waals surface area contributed by atoms with Gasteiger partial charge in [-0.05, 0) is 24.1 Å². The monoisotopic (exact) mass is 324 g/mol. The van der Waals surface area contributed by atoms with Crippen LogP contribution in [0.4, 0.5) is 0 Å². The van der Waals surface area contributed by atoms with Crippen LogP contribution in [0.15, 0.2) is 23.2 Å². The van der Waals surface area contributed by atoms with Crippen LogP contribution in [0.3, 0.4) is 0 Å².